The lowest BCUT2D eigenvalue weighted by molar-refractivity contribution is -0.125. The Morgan fingerprint density at radius 2 is 2.23 bits per heavy atom. The van der Waals surface area contributed by atoms with E-state index < -0.39 is 6.10 Å². The van der Waals surface area contributed by atoms with E-state index in [4.69, 9.17) is 9.47 Å². The highest BCUT2D eigenvalue weighted by Gasteiger charge is 2.28. The average molecular weight is 337 g/mol. The van der Waals surface area contributed by atoms with Gasteiger partial charge in [-0.05, 0) is 18.6 Å². The summed E-state index contributed by atoms with van der Waals surface area (Å²) in [5.41, 5.74) is 0. The van der Waals surface area contributed by atoms with Crippen LogP contribution in [0.25, 0.3) is 0 Å². The third-order valence-electron chi connectivity index (χ3n) is 2.87. The lowest BCUT2D eigenvalue weighted by Crippen LogP contribution is -2.40. The Hall–Kier alpha value is -1.80. The van der Waals surface area contributed by atoms with Gasteiger partial charge >= 0.3 is 0 Å². The van der Waals surface area contributed by atoms with Gasteiger partial charge in [0.05, 0.1) is 0 Å². The summed E-state index contributed by atoms with van der Waals surface area (Å²) in [5.74, 6) is 1.93. The third-order valence-corrected chi connectivity index (χ3v) is 5.05. The number of thioether (sulfide) groups is 1. The molecule has 1 aliphatic rings. The Morgan fingerprint density at radius 3 is 3.05 bits per heavy atom. The summed E-state index contributed by atoms with van der Waals surface area (Å²) >= 11 is 3.00. The molecule has 3 rings (SSSR count). The number of rotatable bonds is 5. The van der Waals surface area contributed by atoms with Crippen LogP contribution in [0.3, 0.4) is 0 Å². The normalized spacial score (nSPS) is 16.3. The number of nitrogens with zero attached hydrogens (tertiary/aromatic N) is 2. The molecule has 1 atom stereocenters. The number of carbonyl (C=O) groups is 1. The minimum Gasteiger partial charge on any atom is -0.485 e. The summed E-state index contributed by atoms with van der Waals surface area (Å²) in [6.07, 6.45) is 0.379. The van der Waals surface area contributed by atoms with Gasteiger partial charge in [-0.2, -0.15) is 0 Å². The molecule has 0 unspecified atom stereocenters. The van der Waals surface area contributed by atoms with Gasteiger partial charge in [-0.3, -0.25) is 10.1 Å². The molecule has 0 saturated heterocycles. The van der Waals surface area contributed by atoms with E-state index in [1.165, 1.54) is 11.3 Å². The number of hydrogen-bond acceptors (Lipinski definition) is 7. The fourth-order valence-corrected chi connectivity index (χ4v) is 3.52. The molecule has 0 saturated carbocycles. The number of anilines is 1. The number of ether oxygens (including phenoxy) is 2. The predicted molar refractivity (Wildman–Crippen MR) is 85.9 cm³/mol. The van der Waals surface area contributed by atoms with Crippen LogP contribution < -0.4 is 14.8 Å². The lowest BCUT2D eigenvalue weighted by Gasteiger charge is -2.25. The summed E-state index contributed by atoms with van der Waals surface area (Å²) in [4.78, 5) is 12.2. The van der Waals surface area contributed by atoms with Crippen molar-refractivity contribution in [1.82, 2.24) is 10.2 Å². The molecule has 1 N–H and O–H groups in total. The second-order valence-electron chi connectivity index (χ2n) is 4.58. The van der Waals surface area contributed by atoms with Gasteiger partial charge in [0, 0.05) is 5.75 Å². The van der Waals surface area contributed by atoms with Gasteiger partial charge in [-0.15, -0.1) is 10.2 Å². The first kappa shape index (κ1) is 15.1. The highest BCUT2D eigenvalue weighted by atomic mass is 32.2. The summed E-state index contributed by atoms with van der Waals surface area (Å²) < 4.78 is 12.0. The molecule has 0 fully saturated rings. The number of amides is 1. The first-order chi connectivity index (χ1) is 10.8. The van der Waals surface area contributed by atoms with Gasteiger partial charge < -0.3 is 9.47 Å². The molecule has 1 aliphatic heterocycles. The molecule has 1 aromatic heterocycles. The van der Waals surface area contributed by atoms with Crippen molar-refractivity contribution in [1.29, 1.82) is 0 Å². The van der Waals surface area contributed by atoms with Crippen molar-refractivity contribution in [2.75, 3.05) is 17.7 Å². The molecular weight excluding hydrogens is 322 g/mol. The van der Waals surface area contributed by atoms with E-state index in [2.05, 4.69) is 22.4 Å². The number of fused-ring (bicyclic) bond motifs is 1. The second-order valence-corrected chi connectivity index (χ2v) is 6.89. The van der Waals surface area contributed by atoms with Crippen LogP contribution >= 0.6 is 23.1 Å². The predicted octanol–water partition coefficient (Wildman–Crippen LogP) is 2.82. The average Bonchev–Trinajstić information content (AvgIpc) is 2.99. The van der Waals surface area contributed by atoms with Crippen LogP contribution in [0, 0.1) is 0 Å². The molecule has 22 heavy (non-hydrogen) atoms. The van der Waals surface area contributed by atoms with Crippen LogP contribution in [0.2, 0.25) is 0 Å². The maximum absolute atomic E-state index is 12.2. The molecule has 0 aliphatic carbocycles. The molecule has 0 bridgehead atoms. The third kappa shape index (κ3) is 3.50. The number of nitrogens with one attached hydrogen (secondary N) is 1. The molecule has 116 valence electrons. The van der Waals surface area contributed by atoms with Crippen molar-refractivity contribution in [3.63, 3.8) is 0 Å². The minimum absolute atomic E-state index is 0.180. The maximum Gasteiger partial charge on any atom is 0.270 e. The Morgan fingerprint density at radius 1 is 1.41 bits per heavy atom. The van der Waals surface area contributed by atoms with Crippen LogP contribution in [-0.4, -0.2) is 34.6 Å². The largest absolute Gasteiger partial charge is 0.485 e. The van der Waals surface area contributed by atoms with Crippen molar-refractivity contribution in [2.45, 2.75) is 23.8 Å². The summed E-state index contributed by atoms with van der Waals surface area (Å²) in [5, 5.41) is 11.2. The topological polar surface area (TPSA) is 73.3 Å². The zero-order valence-corrected chi connectivity index (χ0v) is 13.6. The van der Waals surface area contributed by atoms with E-state index in [1.54, 1.807) is 17.8 Å². The number of para-hydroxylation sites is 2. The van der Waals surface area contributed by atoms with E-state index in [0.29, 0.717) is 16.6 Å². The van der Waals surface area contributed by atoms with E-state index in [1.807, 2.05) is 18.2 Å². The Labute approximate surface area is 136 Å². The molecule has 0 radical (unpaired) electrons. The second kappa shape index (κ2) is 6.97. The van der Waals surface area contributed by atoms with Crippen LogP contribution in [0.5, 0.6) is 11.5 Å². The summed E-state index contributed by atoms with van der Waals surface area (Å²) in [6, 6.07) is 7.29. The Bertz CT molecular complexity index is 662. The molecule has 0 spiro atoms. The van der Waals surface area contributed by atoms with Gasteiger partial charge in [0.2, 0.25) is 11.2 Å². The quantitative estimate of drug-likeness (QED) is 0.668. The molecular formula is C14H15N3O3S2. The van der Waals surface area contributed by atoms with Gasteiger partial charge in [0.15, 0.2) is 15.8 Å². The molecule has 2 aromatic rings. The number of carbonyl (C=O) groups excluding carboxylic acids is 1. The first-order valence-corrected chi connectivity index (χ1v) is 8.72. The number of aromatic nitrogens is 2. The van der Waals surface area contributed by atoms with Gasteiger partial charge in [-0.25, -0.2) is 0 Å². The van der Waals surface area contributed by atoms with Crippen molar-refractivity contribution >= 4 is 34.1 Å². The van der Waals surface area contributed by atoms with Gasteiger partial charge in [0.1, 0.15) is 6.61 Å². The van der Waals surface area contributed by atoms with E-state index >= 15 is 0 Å². The van der Waals surface area contributed by atoms with Gasteiger partial charge in [0.25, 0.3) is 5.91 Å². The van der Waals surface area contributed by atoms with Gasteiger partial charge in [-0.1, -0.05) is 42.2 Å². The van der Waals surface area contributed by atoms with Crippen LogP contribution in [0.1, 0.15) is 13.3 Å². The number of hydrogen-bond donors (Lipinski definition) is 1. The standard InChI is InChI=1S/C14H15N3O3S2/c1-2-7-21-14-17-16-13(22-14)15-12(18)11-8-19-9-5-3-4-6-10(9)20-11/h3-6,11H,2,7-8H2,1H3,(H,15,16,18)/t11-/m1/s1. The fraction of sp³-hybridized carbons (Fsp3) is 0.357. The van der Waals surface area contributed by atoms with Crippen LogP contribution in [0.15, 0.2) is 28.6 Å². The minimum atomic E-state index is -0.689. The smallest absolute Gasteiger partial charge is 0.270 e. The van der Waals surface area contributed by atoms with Crippen molar-refractivity contribution in [2.24, 2.45) is 0 Å². The zero-order valence-electron chi connectivity index (χ0n) is 11.9. The monoisotopic (exact) mass is 337 g/mol. The summed E-state index contributed by atoms with van der Waals surface area (Å²) in [6.45, 7) is 2.29. The molecule has 8 heteroatoms. The van der Waals surface area contributed by atoms with Crippen molar-refractivity contribution in [3.8, 4) is 11.5 Å². The van der Waals surface area contributed by atoms with E-state index in [0.717, 1.165) is 16.5 Å². The Balaban J connectivity index is 1.60. The van der Waals surface area contributed by atoms with E-state index in [9.17, 15) is 4.79 Å². The molecule has 1 amide bonds. The van der Waals surface area contributed by atoms with Crippen molar-refractivity contribution < 1.29 is 14.3 Å². The molecule has 6 nitrogen and oxygen atoms in total. The molecule has 1 aromatic carbocycles. The Kier molecular flexibility index (Phi) is 4.79. The van der Waals surface area contributed by atoms with Crippen LogP contribution in [-0.2, 0) is 4.79 Å². The summed E-state index contributed by atoms with van der Waals surface area (Å²) in [7, 11) is 0. The van der Waals surface area contributed by atoms with Crippen LogP contribution in [0.4, 0.5) is 5.13 Å². The zero-order chi connectivity index (χ0) is 15.4. The fourth-order valence-electron chi connectivity index (χ4n) is 1.84. The highest BCUT2D eigenvalue weighted by molar-refractivity contribution is 8.01. The van der Waals surface area contributed by atoms with Crippen molar-refractivity contribution in [3.05, 3.63) is 24.3 Å². The SMILES string of the molecule is CCCSc1nnc(NC(=O)[C@H]2COc3ccccc3O2)s1. The highest BCUT2D eigenvalue weighted by Crippen LogP contribution is 2.31. The first-order valence-electron chi connectivity index (χ1n) is 6.92. The molecule has 2 heterocycles. The lowest BCUT2D eigenvalue weighted by atomic mass is 10.2. The van der Waals surface area contributed by atoms with E-state index in [-0.39, 0.29) is 12.5 Å². The number of benzene rings is 1. The maximum atomic E-state index is 12.2.